The Morgan fingerprint density at radius 2 is 1.59 bits per heavy atom. The number of likely N-dealkylation sites (tertiary alicyclic amines) is 1. The highest BCUT2D eigenvalue weighted by Gasteiger charge is 2.27. The van der Waals surface area contributed by atoms with Gasteiger partial charge in [0.25, 0.3) is 10.1 Å². The van der Waals surface area contributed by atoms with Crippen LogP contribution in [-0.2, 0) is 25.6 Å². The van der Waals surface area contributed by atoms with E-state index in [1.807, 2.05) is 35.2 Å². The van der Waals surface area contributed by atoms with E-state index in [-0.39, 0.29) is 29.4 Å². The predicted molar refractivity (Wildman–Crippen MR) is 126 cm³/mol. The molecule has 0 atom stereocenters. The van der Waals surface area contributed by atoms with Gasteiger partial charge < -0.3 is 4.74 Å². The third kappa shape index (κ3) is 5.88. The summed E-state index contributed by atoms with van der Waals surface area (Å²) in [6.45, 7) is 1.51. The molecule has 0 spiro atoms. The third-order valence-electron chi connectivity index (χ3n) is 5.70. The van der Waals surface area contributed by atoms with Crippen molar-refractivity contribution < 1.29 is 26.5 Å². The van der Waals surface area contributed by atoms with Gasteiger partial charge in [-0.1, -0.05) is 55.0 Å². The van der Waals surface area contributed by atoms with Gasteiger partial charge in [-0.3, -0.25) is 9.08 Å². The highest BCUT2D eigenvalue weighted by molar-refractivity contribution is 7.87. The monoisotopic (exact) mass is 483 g/mol. The molecule has 0 N–H and O–H groups in total. The predicted octanol–water partition coefficient (Wildman–Crippen LogP) is 5.00. The van der Waals surface area contributed by atoms with Crippen LogP contribution in [-0.4, -0.2) is 39.1 Å². The number of piperidine rings is 1. The lowest BCUT2D eigenvalue weighted by atomic mass is 9.99. The fourth-order valence-corrected chi connectivity index (χ4v) is 5.06. The van der Waals surface area contributed by atoms with E-state index >= 15 is 0 Å². The molecular formula is C26H26FNO5S. The topological polar surface area (TPSA) is 72.9 Å². The van der Waals surface area contributed by atoms with Crippen LogP contribution in [0.1, 0.15) is 35.2 Å². The van der Waals surface area contributed by atoms with Crippen molar-refractivity contribution in [3.8, 4) is 11.1 Å². The van der Waals surface area contributed by atoms with Crippen LogP contribution in [0.3, 0.4) is 0 Å². The van der Waals surface area contributed by atoms with E-state index in [9.17, 15) is 17.6 Å². The Bertz CT molecular complexity index is 1220. The van der Waals surface area contributed by atoms with Crippen molar-refractivity contribution in [3.63, 3.8) is 0 Å². The number of halogens is 1. The van der Waals surface area contributed by atoms with E-state index in [4.69, 9.17) is 8.92 Å². The van der Waals surface area contributed by atoms with Gasteiger partial charge in [-0.25, -0.2) is 9.18 Å². The third-order valence-corrected chi connectivity index (χ3v) is 6.99. The molecule has 1 aliphatic rings. The van der Waals surface area contributed by atoms with Crippen LogP contribution in [0.4, 0.5) is 4.39 Å². The number of benzene rings is 3. The summed E-state index contributed by atoms with van der Waals surface area (Å²) in [6, 6.07) is 18.8. The first-order valence-corrected chi connectivity index (χ1v) is 12.6. The van der Waals surface area contributed by atoms with E-state index in [1.165, 1.54) is 42.5 Å². The average Bonchev–Trinajstić information content (AvgIpc) is 2.87. The molecule has 1 saturated heterocycles. The summed E-state index contributed by atoms with van der Waals surface area (Å²) in [5.41, 5.74) is 1.35. The van der Waals surface area contributed by atoms with Crippen LogP contribution in [0.25, 0.3) is 11.1 Å². The fraction of sp³-hybridized carbons (Fsp3) is 0.269. The van der Waals surface area contributed by atoms with Gasteiger partial charge in [0.1, 0.15) is 24.1 Å². The molecule has 1 aliphatic heterocycles. The fourth-order valence-electron chi connectivity index (χ4n) is 3.92. The van der Waals surface area contributed by atoms with E-state index in [1.54, 1.807) is 0 Å². The molecule has 0 unspecified atom stereocenters. The Balaban J connectivity index is 1.66. The Morgan fingerprint density at radius 1 is 0.882 bits per heavy atom. The van der Waals surface area contributed by atoms with E-state index in [2.05, 4.69) is 0 Å². The second-order valence-electron chi connectivity index (χ2n) is 8.13. The SMILES string of the molecule is O=C(OCc1ccccc1)c1cccc(S(=O)(=O)OCN2CCCCC2)c1-c1ccc(F)cc1. The zero-order valence-electron chi connectivity index (χ0n) is 18.7. The Morgan fingerprint density at radius 3 is 2.29 bits per heavy atom. The van der Waals surface area contributed by atoms with Crippen LogP contribution >= 0.6 is 0 Å². The van der Waals surface area contributed by atoms with Gasteiger partial charge in [-0.2, -0.15) is 8.42 Å². The molecule has 0 bridgehead atoms. The Labute approximate surface area is 199 Å². The smallest absolute Gasteiger partial charge is 0.339 e. The number of hydrogen-bond donors (Lipinski definition) is 0. The lowest BCUT2D eigenvalue weighted by Gasteiger charge is -2.25. The first kappa shape index (κ1) is 24.1. The zero-order chi connectivity index (χ0) is 24.0. The van der Waals surface area contributed by atoms with Crippen molar-refractivity contribution in [2.24, 2.45) is 0 Å². The van der Waals surface area contributed by atoms with Crippen molar-refractivity contribution in [2.45, 2.75) is 30.8 Å². The minimum Gasteiger partial charge on any atom is -0.457 e. The lowest BCUT2D eigenvalue weighted by molar-refractivity contribution is 0.0473. The van der Waals surface area contributed by atoms with E-state index in [0.717, 1.165) is 37.9 Å². The molecule has 1 heterocycles. The van der Waals surface area contributed by atoms with Crippen LogP contribution in [0.5, 0.6) is 0 Å². The van der Waals surface area contributed by atoms with Crippen LogP contribution in [0.15, 0.2) is 77.7 Å². The van der Waals surface area contributed by atoms with Gasteiger partial charge in [-0.15, -0.1) is 0 Å². The average molecular weight is 484 g/mol. The molecular weight excluding hydrogens is 457 g/mol. The molecule has 3 aromatic carbocycles. The maximum absolute atomic E-state index is 13.6. The molecule has 0 saturated carbocycles. The molecule has 0 amide bonds. The molecule has 8 heteroatoms. The van der Waals surface area contributed by atoms with Gasteiger partial charge in [0.2, 0.25) is 0 Å². The molecule has 0 radical (unpaired) electrons. The number of rotatable bonds is 8. The number of ether oxygens (including phenoxy) is 1. The molecule has 4 rings (SSSR count). The van der Waals surface area contributed by atoms with Gasteiger partial charge in [0.05, 0.1) is 5.56 Å². The Hall–Kier alpha value is -3.07. The highest BCUT2D eigenvalue weighted by atomic mass is 32.2. The van der Waals surface area contributed by atoms with Crippen molar-refractivity contribution >= 4 is 16.1 Å². The lowest BCUT2D eigenvalue weighted by Crippen LogP contribution is -2.33. The molecule has 3 aromatic rings. The second-order valence-corrected chi connectivity index (χ2v) is 9.71. The number of carbonyl (C=O) groups excluding carboxylic acids is 1. The van der Waals surface area contributed by atoms with Crippen molar-refractivity contribution in [3.05, 3.63) is 89.7 Å². The van der Waals surface area contributed by atoms with Gasteiger partial charge in [0.15, 0.2) is 0 Å². The van der Waals surface area contributed by atoms with Gasteiger partial charge >= 0.3 is 5.97 Å². The van der Waals surface area contributed by atoms with Crippen LogP contribution in [0.2, 0.25) is 0 Å². The maximum atomic E-state index is 13.6. The number of esters is 1. The maximum Gasteiger partial charge on any atom is 0.339 e. The summed E-state index contributed by atoms with van der Waals surface area (Å²) in [4.78, 5) is 14.8. The summed E-state index contributed by atoms with van der Waals surface area (Å²) in [5.74, 6) is -1.16. The second kappa shape index (κ2) is 10.9. The molecule has 0 aliphatic carbocycles. The van der Waals surface area contributed by atoms with E-state index < -0.39 is 21.9 Å². The van der Waals surface area contributed by atoms with Gasteiger partial charge in [0, 0.05) is 18.7 Å². The normalized spacial score (nSPS) is 14.6. The summed E-state index contributed by atoms with van der Waals surface area (Å²) < 4.78 is 50.9. The summed E-state index contributed by atoms with van der Waals surface area (Å²) in [5, 5.41) is 0. The standard InChI is InChI=1S/C26H26FNO5S/c27-22-14-12-21(13-15-22)25-23(26(29)32-18-20-8-3-1-4-9-20)10-7-11-24(25)34(30,31)33-19-28-16-5-2-6-17-28/h1,3-4,7-15H,2,5-6,16-19H2. The molecule has 34 heavy (non-hydrogen) atoms. The first-order valence-electron chi connectivity index (χ1n) is 11.2. The van der Waals surface area contributed by atoms with Gasteiger partial charge in [-0.05, 0) is 48.2 Å². The minimum atomic E-state index is -4.21. The molecule has 6 nitrogen and oxygen atoms in total. The van der Waals surface area contributed by atoms with Crippen molar-refractivity contribution in [1.82, 2.24) is 4.90 Å². The summed E-state index contributed by atoms with van der Waals surface area (Å²) in [7, 11) is -4.21. The summed E-state index contributed by atoms with van der Waals surface area (Å²) in [6.07, 6.45) is 3.10. The minimum absolute atomic E-state index is 0.0327. The summed E-state index contributed by atoms with van der Waals surface area (Å²) >= 11 is 0. The first-order chi connectivity index (χ1) is 16.4. The van der Waals surface area contributed by atoms with Crippen LogP contribution in [0, 0.1) is 5.82 Å². The van der Waals surface area contributed by atoms with Crippen molar-refractivity contribution in [2.75, 3.05) is 19.8 Å². The highest BCUT2D eigenvalue weighted by Crippen LogP contribution is 2.33. The number of carbonyl (C=O) groups is 1. The van der Waals surface area contributed by atoms with Crippen molar-refractivity contribution in [1.29, 1.82) is 0 Å². The largest absolute Gasteiger partial charge is 0.457 e. The Kier molecular flexibility index (Phi) is 7.72. The number of hydrogen-bond acceptors (Lipinski definition) is 6. The quantitative estimate of drug-likeness (QED) is 0.332. The molecule has 178 valence electrons. The van der Waals surface area contributed by atoms with E-state index in [0.29, 0.717) is 5.56 Å². The van der Waals surface area contributed by atoms with Crippen LogP contribution < -0.4 is 0 Å². The molecule has 1 fully saturated rings. The molecule has 0 aromatic heterocycles. The number of nitrogens with zero attached hydrogens (tertiary/aromatic N) is 1. The zero-order valence-corrected chi connectivity index (χ0v) is 19.5.